The summed E-state index contributed by atoms with van der Waals surface area (Å²) in [4.78, 5) is 29.0. The molecule has 4 rings (SSSR count). The highest BCUT2D eigenvalue weighted by molar-refractivity contribution is 6.43. The number of anilines is 3. The normalized spacial score (nSPS) is 17.2. The minimum absolute atomic E-state index is 0.0755. The number of aryl methyl sites for hydroxylation is 1. The Morgan fingerprint density at radius 1 is 1.00 bits per heavy atom. The average molecular weight is 406 g/mol. The standard InChI is InChI=1S/C23H27N5O2/c1-16-7-13-20(14-8-16)28-21(29)15-24-22(27-28)23(30)26-19-11-9-18(10-12-19)25-17-5-3-2-4-6-17/h7-14,17,25H,2-6,15H2,1H3,(H,24,27)(H,26,30). The molecule has 0 spiro atoms. The Morgan fingerprint density at radius 3 is 2.37 bits per heavy atom. The van der Waals surface area contributed by atoms with Crippen molar-refractivity contribution in [1.82, 2.24) is 5.43 Å². The summed E-state index contributed by atoms with van der Waals surface area (Å²) in [5, 5.41) is 7.76. The van der Waals surface area contributed by atoms with Gasteiger partial charge >= 0.3 is 0 Å². The fraction of sp³-hybridized carbons (Fsp3) is 0.348. The van der Waals surface area contributed by atoms with Crippen molar-refractivity contribution in [3.8, 4) is 0 Å². The lowest BCUT2D eigenvalue weighted by Gasteiger charge is -2.27. The summed E-state index contributed by atoms with van der Waals surface area (Å²) in [5.74, 6) is -0.485. The summed E-state index contributed by atoms with van der Waals surface area (Å²) in [5.41, 5.74) is 6.34. The number of aliphatic imine (C=N–C) groups is 1. The van der Waals surface area contributed by atoms with Crippen molar-refractivity contribution in [1.29, 1.82) is 0 Å². The number of carbonyl (C=O) groups is 2. The van der Waals surface area contributed by atoms with Gasteiger partial charge in [-0.25, -0.2) is 5.01 Å². The number of amides is 2. The number of benzene rings is 2. The number of hydrogen-bond acceptors (Lipinski definition) is 5. The molecule has 1 aliphatic carbocycles. The van der Waals surface area contributed by atoms with Crippen molar-refractivity contribution in [3.05, 3.63) is 54.1 Å². The topological polar surface area (TPSA) is 85.8 Å². The van der Waals surface area contributed by atoms with Crippen LogP contribution in [0.4, 0.5) is 17.1 Å². The second kappa shape index (κ2) is 8.98. The van der Waals surface area contributed by atoms with Crippen LogP contribution in [0.25, 0.3) is 0 Å². The summed E-state index contributed by atoms with van der Waals surface area (Å²) in [6.07, 6.45) is 6.31. The van der Waals surface area contributed by atoms with Crippen molar-refractivity contribution in [2.45, 2.75) is 45.1 Å². The molecule has 2 amide bonds. The molecule has 30 heavy (non-hydrogen) atoms. The van der Waals surface area contributed by atoms with E-state index in [-0.39, 0.29) is 24.2 Å². The molecule has 0 bridgehead atoms. The molecular formula is C23H27N5O2. The SMILES string of the molecule is Cc1ccc(N2NC(C(=O)Nc3ccc(NC4CCCCC4)cc3)=NCC2=O)cc1. The molecule has 0 atom stereocenters. The summed E-state index contributed by atoms with van der Waals surface area (Å²) in [7, 11) is 0. The average Bonchev–Trinajstić information content (AvgIpc) is 2.77. The van der Waals surface area contributed by atoms with Crippen molar-refractivity contribution >= 4 is 34.7 Å². The minimum atomic E-state index is -0.382. The number of amidine groups is 1. The Bertz CT molecular complexity index is 931. The summed E-state index contributed by atoms with van der Waals surface area (Å²) >= 11 is 0. The smallest absolute Gasteiger partial charge is 0.292 e. The molecule has 0 radical (unpaired) electrons. The van der Waals surface area contributed by atoms with Gasteiger partial charge in [0.2, 0.25) is 5.84 Å². The maximum atomic E-state index is 12.6. The predicted octanol–water partition coefficient (Wildman–Crippen LogP) is 3.63. The molecule has 7 heteroatoms. The van der Waals surface area contributed by atoms with E-state index in [2.05, 4.69) is 21.1 Å². The third kappa shape index (κ3) is 4.79. The Morgan fingerprint density at radius 2 is 1.67 bits per heavy atom. The lowest BCUT2D eigenvalue weighted by atomic mass is 9.95. The molecular weight excluding hydrogens is 378 g/mol. The Kier molecular flexibility index (Phi) is 5.97. The maximum Gasteiger partial charge on any atom is 0.292 e. The third-order valence-corrected chi connectivity index (χ3v) is 5.47. The first-order chi connectivity index (χ1) is 14.6. The number of hydrazine groups is 1. The van der Waals surface area contributed by atoms with Crippen molar-refractivity contribution in [3.63, 3.8) is 0 Å². The lowest BCUT2D eigenvalue weighted by Crippen LogP contribution is -2.54. The van der Waals surface area contributed by atoms with Crippen molar-refractivity contribution in [2.24, 2.45) is 4.99 Å². The molecule has 2 aromatic carbocycles. The van der Waals surface area contributed by atoms with E-state index in [0.29, 0.717) is 17.4 Å². The van der Waals surface area contributed by atoms with E-state index in [1.54, 1.807) is 0 Å². The van der Waals surface area contributed by atoms with E-state index in [9.17, 15) is 9.59 Å². The number of rotatable bonds is 5. The van der Waals surface area contributed by atoms with Gasteiger partial charge in [-0.1, -0.05) is 37.0 Å². The fourth-order valence-corrected chi connectivity index (χ4v) is 3.77. The van der Waals surface area contributed by atoms with Crippen LogP contribution >= 0.6 is 0 Å². The van der Waals surface area contributed by atoms with Gasteiger partial charge in [0.25, 0.3) is 11.8 Å². The number of hydrogen-bond donors (Lipinski definition) is 3. The van der Waals surface area contributed by atoms with Crippen LogP contribution in [0, 0.1) is 6.92 Å². The molecule has 2 aromatic rings. The van der Waals surface area contributed by atoms with Crippen molar-refractivity contribution < 1.29 is 9.59 Å². The Labute approximate surface area is 176 Å². The molecule has 2 aliphatic rings. The van der Waals surface area contributed by atoms with Gasteiger partial charge in [-0.15, -0.1) is 0 Å². The maximum absolute atomic E-state index is 12.6. The first kappa shape index (κ1) is 19.9. The third-order valence-electron chi connectivity index (χ3n) is 5.47. The largest absolute Gasteiger partial charge is 0.382 e. The zero-order valence-corrected chi connectivity index (χ0v) is 17.1. The predicted molar refractivity (Wildman–Crippen MR) is 120 cm³/mol. The van der Waals surface area contributed by atoms with Crippen LogP contribution in [0.15, 0.2) is 53.5 Å². The molecule has 0 unspecified atom stereocenters. The fourth-order valence-electron chi connectivity index (χ4n) is 3.77. The number of nitrogens with zero attached hydrogens (tertiary/aromatic N) is 2. The van der Waals surface area contributed by atoms with E-state index < -0.39 is 0 Å². The highest BCUT2D eigenvalue weighted by Crippen LogP contribution is 2.22. The molecule has 7 nitrogen and oxygen atoms in total. The molecule has 1 fully saturated rings. The monoisotopic (exact) mass is 405 g/mol. The highest BCUT2D eigenvalue weighted by Gasteiger charge is 2.25. The molecule has 0 saturated heterocycles. The number of carbonyl (C=O) groups excluding carboxylic acids is 2. The van der Waals surface area contributed by atoms with Crippen LogP contribution in [0.5, 0.6) is 0 Å². The van der Waals surface area contributed by atoms with Crippen LogP contribution in [-0.4, -0.2) is 30.2 Å². The Hall–Kier alpha value is -3.35. The van der Waals surface area contributed by atoms with Crippen LogP contribution in [0.1, 0.15) is 37.7 Å². The highest BCUT2D eigenvalue weighted by atomic mass is 16.2. The summed E-state index contributed by atoms with van der Waals surface area (Å²) < 4.78 is 0. The van der Waals surface area contributed by atoms with Gasteiger partial charge in [0.05, 0.1) is 5.69 Å². The van der Waals surface area contributed by atoms with Gasteiger partial charge in [-0.05, 0) is 56.2 Å². The lowest BCUT2D eigenvalue weighted by molar-refractivity contribution is -0.118. The molecule has 156 valence electrons. The quantitative estimate of drug-likeness (QED) is 0.709. The van der Waals surface area contributed by atoms with Gasteiger partial charge in [0.15, 0.2) is 0 Å². The van der Waals surface area contributed by atoms with E-state index in [1.165, 1.54) is 37.1 Å². The first-order valence-electron chi connectivity index (χ1n) is 10.5. The summed E-state index contributed by atoms with van der Waals surface area (Å²) in [6, 6.07) is 15.7. The van der Waals surface area contributed by atoms with Crippen molar-refractivity contribution in [2.75, 3.05) is 22.2 Å². The second-order valence-electron chi connectivity index (χ2n) is 7.85. The summed E-state index contributed by atoms with van der Waals surface area (Å²) in [6.45, 7) is 1.90. The van der Waals surface area contributed by atoms with Gasteiger partial charge in [-0.2, -0.15) is 0 Å². The number of nitrogens with one attached hydrogen (secondary N) is 3. The molecule has 1 heterocycles. The zero-order valence-electron chi connectivity index (χ0n) is 17.1. The van der Waals surface area contributed by atoms with E-state index in [0.717, 1.165) is 11.3 Å². The van der Waals surface area contributed by atoms with Crippen LogP contribution in [0.3, 0.4) is 0 Å². The minimum Gasteiger partial charge on any atom is -0.382 e. The van der Waals surface area contributed by atoms with E-state index in [4.69, 9.17) is 0 Å². The van der Waals surface area contributed by atoms with Crippen LogP contribution in [0.2, 0.25) is 0 Å². The zero-order chi connectivity index (χ0) is 20.9. The molecule has 3 N–H and O–H groups in total. The van der Waals surface area contributed by atoms with Gasteiger partial charge in [0.1, 0.15) is 6.54 Å². The van der Waals surface area contributed by atoms with Crippen LogP contribution in [-0.2, 0) is 9.59 Å². The van der Waals surface area contributed by atoms with Gasteiger partial charge in [-0.3, -0.25) is 20.0 Å². The molecule has 1 saturated carbocycles. The first-order valence-corrected chi connectivity index (χ1v) is 10.5. The van der Waals surface area contributed by atoms with Gasteiger partial charge < -0.3 is 10.6 Å². The van der Waals surface area contributed by atoms with E-state index >= 15 is 0 Å². The molecule has 0 aromatic heterocycles. The van der Waals surface area contributed by atoms with Gasteiger partial charge in [0, 0.05) is 17.4 Å². The Balaban J connectivity index is 1.37. The second-order valence-corrected chi connectivity index (χ2v) is 7.85. The molecule has 1 aliphatic heterocycles. The van der Waals surface area contributed by atoms with Crippen LogP contribution < -0.4 is 21.1 Å². The van der Waals surface area contributed by atoms with E-state index in [1.807, 2.05) is 55.5 Å².